The van der Waals surface area contributed by atoms with Crippen LogP contribution in [0.15, 0.2) is 72.1 Å². The van der Waals surface area contributed by atoms with Crippen LogP contribution in [0.4, 0.5) is 5.69 Å². The Morgan fingerprint density at radius 1 is 0.941 bits per heavy atom. The number of hydrogen-bond donors (Lipinski definition) is 0. The van der Waals surface area contributed by atoms with Gasteiger partial charge in [0.05, 0.1) is 12.0 Å². The van der Waals surface area contributed by atoms with E-state index in [1.807, 2.05) is 51.6 Å². The molecule has 3 heterocycles. The van der Waals surface area contributed by atoms with E-state index in [2.05, 4.69) is 49.1 Å². The van der Waals surface area contributed by atoms with Crippen LogP contribution >= 0.6 is 11.3 Å². The second-order valence-electron chi connectivity index (χ2n) is 9.52. The monoisotopic (exact) mass is 473 g/mol. The lowest BCUT2D eigenvalue weighted by molar-refractivity contribution is -0.135. The average molecular weight is 474 g/mol. The summed E-state index contributed by atoms with van der Waals surface area (Å²) in [5.41, 5.74) is 2.72. The zero-order valence-corrected chi connectivity index (χ0v) is 20.6. The third-order valence-corrected chi connectivity index (χ3v) is 7.76. The van der Waals surface area contributed by atoms with Gasteiger partial charge in [-0.05, 0) is 41.1 Å². The number of amides is 2. The van der Waals surface area contributed by atoms with Crippen molar-refractivity contribution in [3.63, 3.8) is 0 Å². The van der Waals surface area contributed by atoms with Crippen LogP contribution in [0.1, 0.15) is 46.6 Å². The van der Waals surface area contributed by atoms with Crippen LogP contribution in [0.5, 0.6) is 0 Å². The third-order valence-electron chi connectivity index (χ3n) is 6.81. The Bertz CT molecular complexity index is 1140. The molecule has 2 amide bonds. The minimum Gasteiger partial charge on any atom is -0.368 e. The van der Waals surface area contributed by atoms with E-state index in [-0.39, 0.29) is 17.9 Å². The number of thiophene rings is 1. The van der Waals surface area contributed by atoms with Crippen molar-refractivity contribution in [1.29, 1.82) is 0 Å². The molecule has 5 nitrogen and oxygen atoms in total. The van der Waals surface area contributed by atoms with Crippen molar-refractivity contribution in [3.05, 3.63) is 88.1 Å². The van der Waals surface area contributed by atoms with Gasteiger partial charge in [0.2, 0.25) is 5.91 Å². The minimum atomic E-state index is -0.394. The van der Waals surface area contributed by atoms with Gasteiger partial charge in [0.15, 0.2) is 0 Å². The molecule has 1 fully saturated rings. The zero-order chi connectivity index (χ0) is 23.7. The lowest BCUT2D eigenvalue weighted by Crippen LogP contribution is -2.53. The predicted molar refractivity (Wildman–Crippen MR) is 137 cm³/mol. The summed E-state index contributed by atoms with van der Waals surface area (Å²) in [5, 5.41) is 2.04. The highest BCUT2D eigenvalue weighted by Gasteiger charge is 2.46. The second-order valence-corrected chi connectivity index (χ2v) is 10.5. The Labute approximate surface area is 205 Å². The van der Waals surface area contributed by atoms with Crippen LogP contribution in [0.2, 0.25) is 0 Å². The molecule has 0 spiro atoms. The molecular formula is C28H31N3O2S. The number of carbonyl (C=O) groups is 2. The van der Waals surface area contributed by atoms with E-state index in [4.69, 9.17) is 0 Å². The molecule has 5 rings (SSSR count). The van der Waals surface area contributed by atoms with Crippen LogP contribution in [-0.2, 0) is 4.79 Å². The molecule has 1 saturated heterocycles. The first kappa shape index (κ1) is 22.7. The number of nitrogens with zero attached hydrogens (tertiary/aromatic N) is 3. The molecule has 0 aliphatic carbocycles. The Morgan fingerprint density at radius 3 is 2.32 bits per heavy atom. The molecule has 34 heavy (non-hydrogen) atoms. The van der Waals surface area contributed by atoms with Gasteiger partial charge in [-0.2, -0.15) is 0 Å². The summed E-state index contributed by atoms with van der Waals surface area (Å²) in [4.78, 5) is 35.1. The molecule has 0 N–H and O–H groups in total. The number of carbonyl (C=O) groups excluding carboxylic acids is 2. The quantitative estimate of drug-likeness (QED) is 0.522. The zero-order valence-electron chi connectivity index (χ0n) is 19.8. The van der Waals surface area contributed by atoms with E-state index in [0.717, 1.165) is 23.5 Å². The molecule has 176 valence electrons. The minimum absolute atomic E-state index is 0.0284. The number of anilines is 1. The van der Waals surface area contributed by atoms with E-state index in [1.54, 1.807) is 11.3 Å². The lowest BCUT2D eigenvalue weighted by Gasteiger charge is -2.44. The molecule has 1 aromatic heterocycles. The van der Waals surface area contributed by atoms with Gasteiger partial charge in [-0.1, -0.05) is 56.3 Å². The summed E-state index contributed by atoms with van der Waals surface area (Å²) < 4.78 is 0. The molecule has 0 saturated carbocycles. The summed E-state index contributed by atoms with van der Waals surface area (Å²) in [5.74, 6) is 0.0666. The lowest BCUT2D eigenvalue weighted by atomic mass is 9.80. The van der Waals surface area contributed by atoms with Crippen molar-refractivity contribution in [2.24, 2.45) is 5.92 Å². The number of para-hydroxylation sites is 1. The topological polar surface area (TPSA) is 43.9 Å². The van der Waals surface area contributed by atoms with Gasteiger partial charge < -0.3 is 14.7 Å². The second kappa shape index (κ2) is 9.63. The first-order valence-corrected chi connectivity index (χ1v) is 12.9. The largest absolute Gasteiger partial charge is 0.368 e. The van der Waals surface area contributed by atoms with Crippen molar-refractivity contribution in [3.8, 4) is 0 Å². The predicted octanol–water partition coefficient (Wildman–Crippen LogP) is 5.03. The highest BCUT2D eigenvalue weighted by Crippen LogP contribution is 2.45. The maximum Gasteiger partial charge on any atom is 0.254 e. The van der Waals surface area contributed by atoms with Crippen LogP contribution < -0.4 is 4.90 Å². The number of hydrogen-bond acceptors (Lipinski definition) is 4. The SMILES string of the molecule is CC(C)CN1C(=O)c2ccccc2[C@H](C(=O)N2CCN(c3ccccc3)CC2)[C@H]1c1cccs1. The Morgan fingerprint density at radius 2 is 1.65 bits per heavy atom. The van der Waals surface area contributed by atoms with Crippen LogP contribution in [0.25, 0.3) is 0 Å². The molecule has 6 heteroatoms. The van der Waals surface area contributed by atoms with Crippen molar-refractivity contribution < 1.29 is 9.59 Å². The van der Waals surface area contributed by atoms with Gasteiger partial charge in [-0.15, -0.1) is 11.3 Å². The number of fused-ring (bicyclic) bond motifs is 1. The average Bonchev–Trinajstić information content (AvgIpc) is 3.40. The Balaban J connectivity index is 1.48. The van der Waals surface area contributed by atoms with Gasteiger partial charge in [-0.3, -0.25) is 9.59 Å². The van der Waals surface area contributed by atoms with Crippen molar-refractivity contribution in [1.82, 2.24) is 9.80 Å². The van der Waals surface area contributed by atoms with E-state index >= 15 is 0 Å². The normalized spacial score (nSPS) is 20.6. The number of rotatable bonds is 5. The molecule has 2 aliphatic heterocycles. The molecule has 2 aromatic carbocycles. The highest BCUT2D eigenvalue weighted by molar-refractivity contribution is 7.10. The van der Waals surface area contributed by atoms with Crippen LogP contribution in [0, 0.1) is 5.92 Å². The summed E-state index contributed by atoms with van der Waals surface area (Å²) in [6.45, 7) is 7.85. The summed E-state index contributed by atoms with van der Waals surface area (Å²) in [7, 11) is 0. The van der Waals surface area contributed by atoms with E-state index in [0.29, 0.717) is 31.1 Å². The standard InChI is InChI=1S/C28H31N3O2S/c1-20(2)19-31-26(24-13-8-18-34-24)25(22-11-6-7-12-23(22)27(31)32)28(33)30-16-14-29(15-17-30)21-9-4-3-5-10-21/h3-13,18,20,25-26H,14-17,19H2,1-2H3/t25-,26+/m0/s1. The van der Waals surface area contributed by atoms with Crippen molar-refractivity contribution in [2.45, 2.75) is 25.8 Å². The van der Waals surface area contributed by atoms with Crippen molar-refractivity contribution >= 4 is 28.8 Å². The van der Waals surface area contributed by atoms with E-state index < -0.39 is 5.92 Å². The molecular weight excluding hydrogens is 442 g/mol. The molecule has 0 radical (unpaired) electrons. The number of benzene rings is 2. The summed E-state index contributed by atoms with van der Waals surface area (Å²) in [6.07, 6.45) is 0. The fourth-order valence-corrected chi connectivity index (χ4v) is 6.12. The molecule has 0 unspecified atom stereocenters. The van der Waals surface area contributed by atoms with E-state index in [1.165, 1.54) is 5.69 Å². The highest BCUT2D eigenvalue weighted by atomic mass is 32.1. The fourth-order valence-electron chi connectivity index (χ4n) is 5.25. The van der Waals surface area contributed by atoms with Gasteiger partial charge in [0.25, 0.3) is 5.91 Å². The Kier molecular flexibility index (Phi) is 6.42. The van der Waals surface area contributed by atoms with Gasteiger partial charge in [0.1, 0.15) is 0 Å². The smallest absolute Gasteiger partial charge is 0.254 e. The molecule has 0 bridgehead atoms. The maximum atomic E-state index is 14.2. The first-order valence-electron chi connectivity index (χ1n) is 12.1. The summed E-state index contributed by atoms with van der Waals surface area (Å²) in [6, 6.07) is 21.9. The Hall–Kier alpha value is -3.12. The van der Waals surface area contributed by atoms with Crippen LogP contribution in [-0.4, -0.2) is 54.3 Å². The third kappa shape index (κ3) is 4.23. The molecule has 2 atom stereocenters. The van der Waals surface area contributed by atoms with Crippen molar-refractivity contribution in [2.75, 3.05) is 37.6 Å². The van der Waals surface area contributed by atoms with Gasteiger partial charge >= 0.3 is 0 Å². The number of piperazine rings is 1. The maximum absolute atomic E-state index is 14.2. The molecule has 3 aromatic rings. The van der Waals surface area contributed by atoms with Gasteiger partial charge in [-0.25, -0.2) is 0 Å². The summed E-state index contributed by atoms with van der Waals surface area (Å²) >= 11 is 1.63. The van der Waals surface area contributed by atoms with Crippen LogP contribution in [0.3, 0.4) is 0 Å². The van der Waals surface area contributed by atoms with E-state index in [9.17, 15) is 9.59 Å². The molecule has 2 aliphatic rings. The van der Waals surface area contributed by atoms with Gasteiger partial charge in [0, 0.05) is 48.9 Å². The fraction of sp³-hybridized carbons (Fsp3) is 0.357. The first-order chi connectivity index (χ1) is 16.5.